The Morgan fingerprint density at radius 3 is 2.74 bits per heavy atom. The highest BCUT2D eigenvalue weighted by Gasteiger charge is 2.09. The first-order valence-corrected chi connectivity index (χ1v) is 7.89. The number of nitrogens with one attached hydrogen (secondary N) is 2. The van der Waals surface area contributed by atoms with Gasteiger partial charge in [-0.05, 0) is 25.1 Å². The summed E-state index contributed by atoms with van der Waals surface area (Å²) in [6, 6.07) is 3.49. The minimum absolute atomic E-state index is 0.129. The lowest BCUT2D eigenvalue weighted by Crippen LogP contribution is -2.28. The minimum Gasteiger partial charge on any atom is -0.481 e. The summed E-state index contributed by atoms with van der Waals surface area (Å²) in [7, 11) is -1.69. The molecule has 6 nitrogen and oxygen atoms in total. The molecule has 7 heteroatoms. The molecule has 0 spiro atoms. The Balaban J connectivity index is 2.37. The summed E-state index contributed by atoms with van der Waals surface area (Å²) in [5, 5.41) is 3.09. The van der Waals surface area contributed by atoms with Crippen molar-refractivity contribution in [3.63, 3.8) is 0 Å². The average Bonchev–Trinajstić information content (AvgIpc) is 2.42. The molecule has 0 aromatic carbocycles. The van der Waals surface area contributed by atoms with E-state index in [-0.39, 0.29) is 12.3 Å². The van der Waals surface area contributed by atoms with Gasteiger partial charge in [0.25, 0.3) is 0 Å². The van der Waals surface area contributed by atoms with Crippen molar-refractivity contribution < 1.29 is 13.2 Å². The van der Waals surface area contributed by atoms with E-state index >= 15 is 0 Å². The van der Waals surface area contributed by atoms with Crippen LogP contribution in [0, 0.1) is 0 Å². The summed E-state index contributed by atoms with van der Waals surface area (Å²) in [4.78, 5) is 4.02. The van der Waals surface area contributed by atoms with Gasteiger partial charge in [0, 0.05) is 18.8 Å². The highest BCUT2D eigenvalue weighted by molar-refractivity contribution is 7.89. The minimum atomic E-state index is -3.22. The predicted molar refractivity (Wildman–Crippen MR) is 74.6 cm³/mol. The van der Waals surface area contributed by atoms with E-state index in [0.717, 1.165) is 12.1 Å². The number of ether oxygens (including phenoxy) is 1. The van der Waals surface area contributed by atoms with Gasteiger partial charge in [0.15, 0.2) is 0 Å². The summed E-state index contributed by atoms with van der Waals surface area (Å²) in [5.41, 5.74) is 0.802. The molecule has 0 saturated carbocycles. The summed E-state index contributed by atoms with van der Waals surface area (Å²) < 4.78 is 30.9. The van der Waals surface area contributed by atoms with Crippen LogP contribution < -0.4 is 14.8 Å². The second-order valence-electron chi connectivity index (χ2n) is 4.06. The van der Waals surface area contributed by atoms with Gasteiger partial charge in [-0.15, -0.1) is 0 Å². The van der Waals surface area contributed by atoms with Crippen LogP contribution in [0.2, 0.25) is 0 Å². The maximum absolute atomic E-state index is 11.7. The highest BCUT2D eigenvalue weighted by atomic mass is 32.2. The van der Waals surface area contributed by atoms with Crippen LogP contribution in [0.15, 0.2) is 18.3 Å². The SMILES string of the molecule is CCNCCCS(=O)(=O)NCc1ccc(OC)nc1. The van der Waals surface area contributed by atoms with Gasteiger partial charge >= 0.3 is 0 Å². The standard InChI is InChI=1S/C12H21N3O3S/c1-3-13-7-4-8-19(16,17)15-10-11-5-6-12(18-2)14-9-11/h5-6,9,13,15H,3-4,7-8,10H2,1-2H3. The van der Waals surface area contributed by atoms with E-state index in [1.807, 2.05) is 6.92 Å². The highest BCUT2D eigenvalue weighted by Crippen LogP contribution is 2.06. The molecule has 108 valence electrons. The van der Waals surface area contributed by atoms with E-state index in [1.165, 1.54) is 7.11 Å². The maximum atomic E-state index is 11.7. The third kappa shape index (κ3) is 6.51. The lowest BCUT2D eigenvalue weighted by atomic mass is 10.3. The van der Waals surface area contributed by atoms with Crippen molar-refractivity contribution in [1.29, 1.82) is 0 Å². The predicted octanol–water partition coefficient (Wildman–Crippen LogP) is 0.509. The molecule has 0 aliphatic carbocycles. The molecule has 0 radical (unpaired) electrons. The molecule has 0 aliphatic heterocycles. The molecular formula is C12H21N3O3S. The van der Waals surface area contributed by atoms with Crippen molar-refractivity contribution in [3.05, 3.63) is 23.9 Å². The molecule has 0 amide bonds. The smallest absolute Gasteiger partial charge is 0.212 e. The third-order valence-electron chi connectivity index (χ3n) is 2.52. The largest absolute Gasteiger partial charge is 0.481 e. The van der Waals surface area contributed by atoms with Crippen LogP contribution in [-0.2, 0) is 16.6 Å². The number of hydrogen-bond donors (Lipinski definition) is 2. The fourth-order valence-electron chi connectivity index (χ4n) is 1.47. The molecule has 0 aliphatic rings. The van der Waals surface area contributed by atoms with Crippen molar-refractivity contribution in [2.75, 3.05) is 26.0 Å². The molecule has 0 fully saturated rings. The number of hydrogen-bond acceptors (Lipinski definition) is 5. The molecule has 1 rings (SSSR count). The Morgan fingerprint density at radius 2 is 2.16 bits per heavy atom. The van der Waals surface area contributed by atoms with Gasteiger partial charge in [-0.1, -0.05) is 13.0 Å². The van der Waals surface area contributed by atoms with E-state index in [1.54, 1.807) is 18.3 Å². The monoisotopic (exact) mass is 287 g/mol. The normalized spacial score (nSPS) is 11.5. The van der Waals surface area contributed by atoms with Crippen LogP contribution in [0.3, 0.4) is 0 Å². The fraction of sp³-hybridized carbons (Fsp3) is 0.583. The zero-order chi connectivity index (χ0) is 14.1. The summed E-state index contributed by atoms with van der Waals surface area (Å²) in [5.74, 6) is 0.640. The van der Waals surface area contributed by atoms with Crippen molar-refractivity contribution >= 4 is 10.0 Å². The molecule has 1 aromatic rings. The van der Waals surface area contributed by atoms with Crippen molar-refractivity contribution in [3.8, 4) is 5.88 Å². The Labute approximate surface area is 114 Å². The molecule has 1 heterocycles. The van der Waals surface area contributed by atoms with Crippen molar-refractivity contribution in [2.45, 2.75) is 19.9 Å². The Bertz CT molecular complexity index is 460. The molecule has 1 aromatic heterocycles. The quantitative estimate of drug-likeness (QED) is 0.647. The average molecular weight is 287 g/mol. The van der Waals surface area contributed by atoms with Crippen LogP contribution in [0.25, 0.3) is 0 Å². The first-order chi connectivity index (χ1) is 9.07. The number of sulfonamides is 1. The van der Waals surface area contributed by atoms with Gasteiger partial charge in [-0.25, -0.2) is 18.1 Å². The second-order valence-corrected chi connectivity index (χ2v) is 5.98. The zero-order valence-corrected chi connectivity index (χ0v) is 12.2. The fourth-order valence-corrected chi connectivity index (χ4v) is 2.52. The zero-order valence-electron chi connectivity index (χ0n) is 11.3. The van der Waals surface area contributed by atoms with Gasteiger partial charge in [-0.2, -0.15) is 0 Å². The number of methoxy groups -OCH3 is 1. The molecule has 0 unspecified atom stereocenters. The van der Waals surface area contributed by atoms with Crippen molar-refractivity contribution in [2.24, 2.45) is 0 Å². The van der Waals surface area contributed by atoms with E-state index in [0.29, 0.717) is 18.8 Å². The van der Waals surface area contributed by atoms with E-state index in [4.69, 9.17) is 4.74 Å². The number of pyridine rings is 1. The van der Waals surface area contributed by atoms with Crippen LogP contribution in [0.4, 0.5) is 0 Å². The first kappa shape index (κ1) is 15.9. The molecule has 0 bridgehead atoms. The summed E-state index contributed by atoms with van der Waals surface area (Å²) in [6.07, 6.45) is 2.20. The Kier molecular flexibility index (Phi) is 6.75. The van der Waals surface area contributed by atoms with Gasteiger partial charge < -0.3 is 10.1 Å². The molecule has 19 heavy (non-hydrogen) atoms. The van der Waals surface area contributed by atoms with E-state index in [9.17, 15) is 8.42 Å². The van der Waals surface area contributed by atoms with Crippen LogP contribution >= 0.6 is 0 Å². The first-order valence-electron chi connectivity index (χ1n) is 6.24. The van der Waals surface area contributed by atoms with E-state index < -0.39 is 10.0 Å². The van der Waals surface area contributed by atoms with Crippen LogP contribution in [0.5, 0.6) is 5.88 Å². The molecular weight excluding hydrogens is 266 g/mol. The van der Waals surface area contributed by atoms with Gasteiger partial charge in [-0.3, -0.25) is 0 Å². The summed E-state index contributed by atoms with van der Waals surface area (Å²) >= 11 is 0. The van der Waals surface area contributed by atoms with Crippen LogP contribution in [-0.4, -0.2) is 39.4 Å². The lowest BCUT2D eigenvalue weighted by Gasteiger charge is -2.07. The number of aromatic nitrogens is 1. The Morgan fingerprint density at radius 1 is 1.37 bits per heavy atom. The van der Waals surface area contributed by atoms with Gasteiger partial charge in [0.2, 0.25) is 15.9 Å². The summed E-state index contributed by atoms with van der Waals surface area (Å²) in [6.45, 7) is 3.80. The maximum Gasteiger partial charge on any atom is 0.212 e. The number of rotatable bonds is 9. The lowest BCUT2D eigenvalue weighted by molar-refractivity contribution is 0.397. The molecule has 0 atom stereocenters. The van der Waals surface area contributed by atoms with E-state index in [2.05, 4.69) is 15.0 Å². The topological polar surface area (TPSA) is 80.3 Å². The number of nitrogens with zero attached hydrogens (tertiary/aromatic N) is 1. The van der Waals surface area contributed by atoms with Crippen LogP contribution in [0.1, 0.15) is 18.9 Å². The van der Waals surface area contributed by atoms with Crippen molar-refractivity contribution in [1.82, 2.24) is 15.0 Å². The third-order valence-corrected chi connectivity index (χ3v) is 3.93. The van der Waals surface area contributed by atoms with Gasteiger partial charge in [0.05, 0.1) is 12.9 Å². The molecule has 2 N–H and O–H groups in total. The van der Waals surface area contributed by atoms with Gasteiger partial charge in [0.1, 0.15) is 0 Å². The Hall–Kier alpha value is -1.18. The molecule has 0 saturated heterocycles. The second kappa shape index (κ2) is 8.08.